The Morgan fingerprint density at radius 1 is 1.48 bits per heavy atom. The molecule has 1 aliphatic heterocycles. The number of hydrogen-bond acceptors (Lipinski definition) is 3. The Balaban J connectivity index is 2.01. The molecule has 1 aliphatic rings. The number of aryl methyl sites for hydroxylation is 1. The Morgan fingerprint density at radius 3 is 2.78 bits per heavy atom. The third-order valence-electron chi connectivity index (χ3n) is 4.39. The second-order valence-corrected chi connectivity index (χ2v) is 8.41. The van der Waals surface area contributed by atoms with Gasteiger partial charge in [0, 0.05) is 18.8 Å². The van der Waals surface area contributed by atoms with Gasteiger partial charge < -0.3 is 5.32 Å². The Labute approximate surface area is 136 Å². The molecule has 23 heavy (non-hydrogen) atoms. The Hall–Kier alpha value is -1.47. The number of amides is 1. The molecule has 0 spiro atoms. The summed E-state index contributed by atoms with van der Waals surface area (Å²) in [5.74, 6) is -0.924. The smallest absolute Gasteiger partial charge is 0.228 e. The average Bonchev–Trinajstić information content (AvgIpc) is 3.00. The maximum absolute atomic E-state index is 13.2. The molecule has 0 radical (unpaired) electrons. The molecule has 5 nitrogen and oxygen atoms in total. The second-order valence-electron chi connectivity index (χ2n) is 6.06. The summed E-state index contributed by atoms with van der Waals surface area (Å²) in [5.41, 5.74) is 0.979. The SMILES string of the molecule is CCC(C)S(=O)(=O)N1CC[C@H](C(=O)Nc2ccc(F)c(C)c2)C1. The summed E-state index contributed by atoms with van der Waals surface area (Å²) < 4.78 is 39.3. The zero-order chi connectivity index (χ0) is 17.2. The van der Waals surface area contributed by atoms with Gasteiger partial charge in [-0.05, 0) is 50.5 Å². The van der Waals surface area contributed by atoms with E-state index in [2.05, 4.69) is 5.32 Å². The predicted octanol–water partition coefficient (Wildman–Crippen LogP) is 2.52. The van der Waals surface area contributed by atoms with Gasteiger partial charge in [0.1, 0.15) is 5.82 Å². The van der Waals surface area contributed by atoms with Crippen LogP contribution in [0.3, 0.4) is 0 Å². The van der Waals surface area contributed by atoms with Gasteiger partial charge in [-0.3, -0.25) is 4.79 Å². The van der Waals surface area contributed by atoms with E-state index in [-0.39, 0.29) is 24.2 Å². The molecule has 1 aromatic carbocycles. The number of carbonyl (C=O) groups is 1. The van der Waals surface area contributed by atoms with Crippen LogP contribution in [0, 0.1) is 18.7 Å². The number of benzene rings is 1. The van der Waals surface area contributed by atoms with Crippen LogP contribution in [0.5, 0.6) is 0 Å². The molecule has 1 saturated heterocycles. The monoisotopic (exact) mass is 342 g/mol. The number of sulfonamides is 1. The van der Waals surface area contributed by atoms with E-state index in [0.717, 1.165) is 0 Å². The van der Waals surface area contributed by atoms with Gasteiger partial charge in [-0.15, -0.1) is 0 Å². The lowest BCUT2D eigenvalue weighted by atomic mass is 10.1. The van der Waals surface area contributed by atoms with E-state index in [9.17, 15) is 17.6 Å². The number of nitrogens with zero attached hydrogens (tertiary/aromatic N) is 1. The van der Waals surface area contributed by atoms with Crippen molar-refractivity contribution in [2.45, 2.75) is 38.9 Å². The van der Waals surface area contributed by atoms with Crippen LogP contribution < -0.4 is 5.32 Å². The summed E-state index contributed by atoms with van der Waals surface area (Å²) >= 11 is 0. The molecule has 1 aromatic rings. The van der Waals surface area contributed by atoms with Crippen molar-refractivity contribution in [3.8, 4) is 0 Å². The molecule has 2 atom stereocenters. The van der Waals surface area contributed by atoms with Crippen LogP contribution in [0.15, 0.2) is 18.2 Å². The summed E-state index contributed by atoms with van der Waals surface area (Å²) in [6.45, 7) is 5.72. The number of carbonyl (C=O) groups excluding carboxylic acids is 1. The van der Waals surface area contributed by atoms with Gasteiger partial charge in [0.2, 0.25) is 15.9 Å². The highest BCUT2D eigenvalue weighted by Gasteiger charge is 2.37. The van der Waals surface area contributed by atoms with E-state index in [1.165, 1.54) is 16.4 Å². The van der Waals surface area contributed by atoms with Crippen LogP contribution in [-0.4, -0.2) is 37.0 Å². The Bertz CT molecular complexity index is 691. The summed E-state index contributed by atoms with van der Waals surface area (Å²) in [7, 11) is -3.34. The van der Waals surface area contributed by atoms with Crippen molar-refractivity contribution in [3.63, 3.8) is 0 Å². The molecule has 0 aromatic heterocycles. The normalized spacial score (nSPS) is 20.4. The van der Waals surface area contributed by atoms with Crippen molar-refractivity contribution >= 4 is 21.6 Å². The minimum absolute atomic E-state index is 0.207. The van der Waals surface area contributed by atoms with E-state index < -0.39 is 15.3 Å². The van der Waals surface area contributed by atoms with Crippen molar-refractivity contribution in [2.75, 3.05) is 18.4 Å². The summed E-state index contributed by atoms with van der Waals surface area (Å²) in [6.07, 6.45) is 1.05. The Morgan fingerprint density at radius 2 is 2.17 bits per heavy atom. The minimum Gasteiger partial charge on any atom is -0.326 e. The van der Waals surface area contributed by atoms with Crippen LogP contribution in [0.25, 0.3) is 0 Å². The average molecular weight is 342 g/mol. The zero-order valence-corrected chi connectivity index (χ0v) is 14.5. The first-order valence-corrected chi connectivity index (χ1v) is 9.32. The van der Waals surface area contributed by atoms with Gasteiger partial charge in [-0.1, -0.05) is 6.92 Å². The Kier molecular flexibility index (Phi) is 5.41. The first-order chi connectivity index (χ1) is 10.8. The summed E-state index contributed by atoms with van der Waals surface area (Å²) in [6, 6.07) is 4.37. The van der Waals surface area contributed by atoms with Crippen LogP contribution in [0.1, 0.15) is 32.3 Å². The quantitative estimate of drug-likeness (QED) is 0.894. The number of hydrogen-bond donors (Lipinski definition) is 1. The molecule has 2 rings (SSSR count). The highest BCUT2D eigenvalue weighted by Crippen LogP contribution is 2.24. The fourth-order valence-electron chi connectivity index (χ4n) is 2.61. The highest BCUT2D eigenvalue weighted by molar-refractivity contribution is 7.89. The number of nitrogens with one attached hydrogen (secondary N) is 1. The molecule has 1 amide bonds. The maximum atomic E-state index is 13.2. The van der Waals surface area contributed by atoms with Gasteiger partial charge in [0.05, 0.1) is 11.2 Å². The summed E-state index contributed by atoms with van der Waals surface area (Å²) in [4.78, 5) is 12.3. The third kappa shape index (κ3) is 3.90. The van der Waals surface area contributed by atoms with E-state index in [0.29, 0.717) is 30.6 Å². The van der Waals surface area contributed by atoms with Crippen molar-refractivity contribution in [1.82, 2.24) is 4.31 Å². The lowest BCUT2D eigenvalue weighted by Crippen LogP contribution is -2.36. The molecule has 7 heteroatoms. The lowest BCUT2D eigenvalue weighted by molar-refractivity contribution is -0.119. The first-order valence-electron chi connectivity index (χ1n) is 7.81. The van der Waals surface area contributed by atoms with Gasteiger partial charge in [-0.25, -0.2) is 17.1 Å². The molecule has 1 unspecified atom stereocenters. The van der Waals surface area contributed by atoms with E-state index in [1.54, 1.807) is 19.9 Å². The summed E-state index contributed by atoms with van der Waals surface area (Å²) in [5, 5.41) is 2.30. The van der Waals surface area contributed by atoms with Crippen LogP contribution in [-0.2, 0) is 14.8 Å². The largest absolute Gasteiger partial charge is 0.326 e. The second kappa shape index (κ2) is 6.97. The van der Waals surface area contributed by atoms with Crippen molar-refractivity contribution in [2.24, 2.45) is 5.92 Å². The van der Waals surface area contributed by atoms with E-state index in [1.807, 2.05) is 6.92 Å². The molecule has 1 fully saturated rings. The highest BCUT2D eigenvalue weighted by atomic mass is 32.2. The standard InChI is InChI=1S/C16H23FN2O3S/c1-4-12(3)23(21,22)19-8-7-13(10-19)16(20)18-14-5-6-15(17)11(2)9-14/h5-6,9,12-13H,4,7-8,10H2,1-3H3,(H,18,20)/t12?,13-/m0/s1. The topological polar surface area (TPSA) is 66.5 Å². The van der Waals surface area contributed by atoms with E-state index in [4.69, 9.17) is 0 Å². The van der Waals surface area contributed by atoms with Crippen LogP contribution >= 0.6 is 0 Å². The van der Waals surface area contributed by atoms with Crippen molar-refractivity contribution in [3.05, 3.63) is 29.6 Å². The fourth-order valence-corrected chi connectivity index (χ4v) is 4.28. The fraction of sp³-hybridized carbons (Fsp3) is 0.562. The number of halogens is 1. The van der Waals surface area contributed by atoms with Gasteiger partial charge in [0.15, 0.2) is 0 Å². The molecule has 1 heterocycles. The molecule has 1 N–H and O–H groups in total. The molecular weight excluding hydrogens is 319 g/mol. The van der Waals surface area contributed by atoms with Crippen molar-refractivity contribution < 1.29 is 17.6 Å². The van der Waals surface area contributed by atoms with Crippen LogP contribution in [0.4, 0.5) is 10.1 Å². The lowest BCUT2D eigenvalue weighted by Gasteiger charge is -2.20. The molecule has 0 bridgehead atoms. The first kappa shape index (κ1) is 17.9. The predicted molar refractivity (Wildman–Crippen MR) is 88.1 cm³/mol. The minimum atomic E-state index is -3.34. The molecule has 128 valence electrons. The number of rotatable bonds is 5. The molecule has 0 saturated carbocycles. The zero-order valence-electron chi connectivity index (χ0n) is 13.7. The number of anilines is 1. The van der Waals surface area contributed by atoms with Gasteiger partial charge in [-0.2, -0.15) is 0 Å². The van der Waals surface area contributed by atoms with Gasteiger partial charge >= 0.3 is 0 Å². The third-order valence-corrected chi connectivity index (χ3v) is 6.79. The van der Waals surface area contributed by atoms with Gasteiger partial charge in [0.25, 0.3) is 0 Å². The van der Waals surface area contributed by atoms with Crippen molar-refractivity contribution in [1.29, 1.82) is 0 Å². The maximum Gasteiger partial charge on any atom is 0.228 e. The van der Waals surface area contributed by atoms with E-state index >= 15 is 0 Å². The molecular formula is C16H23FN2O3S. The van der Waals surface area contributed by atoms with Crippen LogP contribution in [0.2, 0.25) is 0 Å². The molecule has 0 aliphatic carbocycles.